The molecule has 0 N–H and O–H groups in total. The molecule has 0 aliphatic heterocycles. The highest BCUT2D eigenvalue weighted by atomic mass is 16.5. The monoisotopic (exact) mass is 324 g/mol. The third-order valence-electron chi connectivity index (χ3n) is 3.97. The van der Waals surface area contributed by atoms with Gasteiger partial charge in [-0.05, 0) is 25.8 Å². The van der Waals surface area contributed by atoms with Gasteiger partial charge in [0, 0.05) is 0 Å². The van der Waals surface area contributed by atoms with Gasteiger partial charge in [-0.1, -0.05) is 83.6 Å². The van der Waals surface area contributed by atoms with Gasteiger partial charge in [-0.25, -0.2) is 4.79 Å². The molecule has 0 aliphatic carbocycles. The molecule has 0 aromatic rings. The van der Waals surface area contributed by atoms with Crippen LogP contribution in [0.3, 0.4) is 0 Å². The van der Waals surface area contributed by atoms with E-state index in [-0.39, 0.29) is 6.61 Å². The highest BCUT2D eigenvalue weighted by Crippen LogP contribution is 2.12. The number of ether oxygens (including phenoxy) is 1. The maximum Gasteiger partial charge on any atom is 0.378 e. The van der Waals surface area contributed by atoms with Gasteiger partial charge in [0.1, 0.15) is 0 Å². The van der Waals surface area contributed by atoms with Gasteiger partial charge in [0.25, 0.3) is 5.78 Å². The molecule has 0 amide bonds. The number of hydrogen-bond donors (Lipinski definition) is 0. The fourth-order valence-corrected chi connectivity index (χ4v) is 2.56. The van der Waals surface area contributed by atoms with E-state index in [4.69, 9.17) is 0 Å². The normalized spacial score (nSPS) is 11.0. The topological polar surface area (TPSA) is 43.4 Å². The quantitative estimate of drug-likeness (QED) is 0.157. The number of hydrogen-bond acceptors (Lipinski definition) is 3. The highest BCUT2D eigenvalue weighted by molar-refractivity contribution is 6.38. The first kappa shape index (κ1) is 21.9. The molecule has 0 fully saturated rings. The summed E-state index contributed by atoms with van der Waals surface area (Å²) in [6.45, 7) is 4.20. The molecule has 0 heterocycles. The van der Waals surface area contributed by atoms with E-state index in [1.165, 1.54) is 76.7 Å². The number of esters is 1. The zero-order chi connectivity index (χ0) is 17.2. The molecule has 0 radical (unpaired) electrons. The lowest BCUT2D eigenvalue weighted by atomic mass is 10.0. The average Bonchev–Trinajstić information content (AvgIpc) is 2.55. The number of rotatable bonds is 16. The van der Waals surface area contributed by atoms with Crippen LogP contribution in [0.4, 0.5) is 0 Å². The Hall–Kier alpha value is -1.12. The molecule has 0 aromatic heterocycles. The second kappa shape index (κ2) is 17.2. The van der Waals surface area contributed by atoms with Crippen molar-refractivity contribution in [1.82, 2.24) is 0 Å². The lowest BCUT2D eigenvalue weighted by Crippen LogP contribution is -2.14. The molecule has 23 heavy (non-hydrogen) atoms. The molecule has 0 aromatic carbocycles. The zero-order valence-electron chi connectivity index (χ0n) is 15.3. The highest BCUT2D eigenvalue weighted by Gasteiger charge is 2.09. The van der Waals surface area contributed by atoms with E-state index in [0.717, 1.165) is 12.8 Å². The molecule has 134 valence electrons. The van der Waals surface area contributed by atoms with E-state index in [0.29, 0.717) is 0 Å². The van der Waals surface area contributed by atoms with Gasteiger partial charge in [0.05, 0.1) is 6.61 Å². The average molecular weight is 325 g/mol. The smallest absolute Gasteiger partial charge is 0.378 e. The van der Waals surface area contributed by atoms with Crippen molar-refractivity contribution in [3.8, 4) is 0 Å². The number of carbonyl (C=O) groups is 2. The van der Waals surface area contributed by atoms with Crippen LogP contribution in [-0.4, -0.2) is 18.4 Å². The Morgan fingerprint density at radius 3 is 1.70 bits per heavy atom. The number of allylic oxidation sites excluding steroid dienone is 1. The molecular weight excluding hydrogens is 288 g/mol. The molecule has 0 rings (SSSR count). The van der Waals surface area contributed by atoms with Crippen molar-refractivity contribution in [3.05, 3.63) is 12.2 Å². The van der Waals surface area contributed by atoms with Crippen LogP contribution in [-0.2, 0) is 14.3 Å². The molecule has 0 bridgehead atoms. The van der Waals surface area contributed by atoms with Gasteiger partial charge in [0.15, 0.2) is 0 Å². The predicted octanol–water partition coefficient (Wildman–Crippen LogP) is 5.77. The summed E-state index contributed by atoms with van der Waals surface area (Å²) in [5.74, 6) is -1.30. The molecule has 0 saturated carbocycles. The lowest BCUT2D eigenvalue weighted by molar-refractivity contribution is -0.151. The molecule has 0 aliphatic rings. The maximum absolute atomic E-state index is 11.3. The van der Waals surface area contributed by atoms with Crippen LogP contribution in [0.1, 0.15) is 97.3 Å². The van der Waals surface area contributed by atoms with E-state index in [1.807, 2.05) is 0 Å². The van der Waals surface area contributed by atoms with Crippen molar-refractivity contribution in [1.29, 1.82) is 0 Å². The van der Waals surface area contributed by atoms with Crippen molar-refractivity contribution in [2.45, 2.75) is 97.3 Å². The van der Waals surface area contributed by atoms with E-state index in [9.17, 15) is 9.59 Å². The summed E-state index contributed by atoms with van der Waals surface area (Å²) < 4.78 is 4.63. The van der Waals surface area contributed by atoms with Crippen molar-refractivity contribution in [2.24, 2.45) is 0 Å². The molecular formula is C20H36O3. The summed E-state index contributed by atoms with van der Waals surface area (Å²) >= 11 is 0. The predicted molar refractivity (Wildman–Crippen MR) is 96.5 cm³/mol. The molecule has 0 atom stereocenters. The van der Waals surface area contributed by atoms with Gasteiger partial charge >= 0.3 is 5.97 Å². The zero-order valence-corrected chi connectivity index (χ0v) is 15.3. The van der Waals surface area contributed by atoms with Crippen LogP contribution < -0.4 is 0 Å². The second-order valence-corrected chi connectivity index (χ2v) is 6.16. The summed E-state index contributed by atoms with van der Waals surface area (Å²) in [6.07, 6.45) is 19.9. The Morgan fingerprint density at radius 1 is 0.739 bits per heavy atom. The second-order valence-electron chi connectivity index (χ2n) is 6.16. The minimum Gasteiger partial charge on any atom is -0.460 e. The Labute approximate surface area is 142 Å². The van der Waals surface area contributed by atoms with Gasteiger partial charge in [0.2, 0.25) is 0 Å². The largest absolute Gasteiger partial charge is 0.460 e. The first-order valence-electron chi connectivity index (χ1n) is 9.60. The SMILES string of the molecule is CCCCCCCCCCCCCC/C=C/C(=O)C(=O)OCC. The molecule has 3 nitrogen and oxygen atoms in total. The summed E-state index contributed by atoms with van der Waals surface area (Å²) in [5, 5.41) is 0. The number of ketones is 1. The standard InChI is InChI=1S/C20H36O3/c1-3-5-6-7-8-9-10-11-12-13-14-15-16-17-18-19(21)20(22)23-4-2/h17-18H,3-16H2,1-2H3/b18-17+. The van der Waals surface area contributed by atoms with Crippen LogP contribution >= 0.6 is 0 Å². The first-order valence-corrected chi connectivity index (χ1v) is 9.60. The van der Waals surface area contributed by atoms with E-state index in [2.05, 4.69) is 11.7 Å². The van der Waals surface area contributed by atoms with Gasteiger partial charge < -0.3 is 4.74 Å². The number of carbonyl (C=O) groups excluding carboxylic acids is 2. The summed E-state index contributed by atoms with van der Waals surface area (Å²) in [4.78, 5) is 22.4. The van der Waals surface area contributed by atoms with Crippen LogP contribution in [0.2, 0.25) is 0 Å². The summed E-state index contributed by atoms with van der Waals surface area (Å²) in [6, 6.07) is 0. The van der Waals surface area contributed by atoms with E-state index < -0.39 is 11.8 Å². The molecule has 0 unspecified atom stereocenters. The minimum atomic E-state index is -0.751. The lowest BCUT2D eigenvalue weighted by Gasteiger charge is -2.02. The van der Waals surface area contributed by atoms with Crippen molar-refractivity contribution in [3.63, 3.8) is 0 Å². The maximum atomic E-state index is 11.3. The van der Waals surface area contributed by atoms with Crippen LogP contribution in [0.15, 0.2) is 12.2 Å². The van der Waals surface area contributed by atoms with Crippen molar-refractivity contribution < 1.29 is 14.3 Å². The minimum absolute atomic E-state index is 0.247. The Bertz CT molecular complexity index is 321. The number of unbranched alkanes of at least 4 members (excludes halogenated alkanes) is 12. The fraction of sp³-hybridized carbons (Fsp3) is 0.800. The third-order valence-corrected chi connectivity index (χ3v) is 3.97. The molecule has 0 spiro atoms. The van der Waals surface area contributed by atoms with Gasteiger partial charge in [-0.2, -0.15) is 0 Å². The molecule has 3 heteroatoms. The van der Waals surface area contributed by atoms with Crippen LogP contribution in [0.25, 0.3) is 0 Å². The molecule has 0 saturated heterocycles. The van der Waals surface area contributed by atoms with Crippen LogP contribution in [0, 0.1) is 0 Å². The Kier molecular flexibility index (Phi) is 16.4. The van der Waals surface area contributed by atoms with Gasteiger partial charge in [-0.15, -0.1) is 0 Å². The van der Waals surface area contributed by atoms with Crippen molar-refractivity contribution >= 4 is 11.8 Å². The fourth-order valence-electron chi connectivity index (χ4n) is 2.56. The first-order chi connectivity index (χ1) is 11.2. The summed E-state index contributed by atoms with van der Waals surface area (Å²) in [5.41, 5.74) is 0. The van der Waals surface area contributed by atoms with Gasteiger partial charge in [-0.3, -0.25) is 4.79 Å². The van der Waals surface area contributed by atoms with Crippen LogP contribution in [0.5, 0.6) is 0 Å². The van der Waals surface area contributed by atoms with Crippen molar-refractivity contribution in [2.75, 3.05) is 6.61 Å². The Morgan fingerprint density at radius 2 is 1.22 bits per heavy atom. The van der Waals surface area contributed by atoms with E-state index in [1.54, 1.807) is 13.0 Å². The van der Waals surface area contributed by atoms with E-state index >= 15 is 0 Å². The summed E-state index contributed by atoms with van der Waals surface area (Å²) in [7, 11) is 0. The Balaban J connectivity index is 3.27. The third kappa shape index (κ3) is 15.5.